The molecule has 21 heavy (non-hydrogen) atoms. The number of anilines is 1. The minimum atomic E-state index is -0.481. The average molecular weight is 286 g/mol. The quantitative estimate of drug-likeness (QED) is 0.879. The van der Waals surface area contributed by atoms with E-state index in [1.165, 1.54) is 0 Å². The molecule has 0 saturated heterocycles. The summed E-state index contributed by atoms with van der Waals surface area (Å²) < 4.78 is 1.97. The number of carbonyl (C=O) groups is 2. The molecule has 0 bridgehead atoms. The van der Waals surface area contributed by atoms with Crippen LogP contribution in [0, 0.1) is 5.92 Å². The second-order valence-corrected chi connectivity index (χ2v) is 5.42. The van der Waals surface area contributed by atoms with Crippen molar-refractivity contribution >= 4 is 28.8 Å². The maximum atomic E-state index is 11.9. The first-order valence-corrected chi connectivity index (χ1v) is 7.21. The first-order chi connectivity index (χ1) is 10.1. The number of carbonyl (C=O) groups excluding carboxylic acids is 2. The van der Waals surface area contributed by atoms with Crippen LogP contribution in [0.1, 0.15) is 36.5 Å². The largest absolute Gasteiger partial charge is 0.366 e. The standard InChI is InChI=1S/C15H18N4O2/c1-2-7-19-12-6-5-10(13(16)20)8-11(12)17-15(19)18-14(21)9-3-4-9/h5-6,8-9H,2-4,7H2,1H3,(H2,16,20)(H,17,18,21). The summed E-state index contributed by atoms with van der Waals surface area (Å²) in [5, 5.41) is 2.89. The Morgan fingerprint density at radius 1 is 1.43 bits per heavy atom. The lowest BCUT2D eigenvalue weighted by molar-refractivity contribution is -0.117. The van der Waals surface area contributed by atoms with E-state index >= 15 is 0 Å². The summed E-state index contributed by atoms with van der Waals surface area (Å²) in [5.41, 5.74) is 7.28. The monoisotopic (exact) mass is 286 g/mol. The fraction of sp³-hybridized carbons (Fsp3) is 0.400. The Balaban J connectivity index is 2.02. The minimum Gasteiger partial charge on any atom is -0.366 e. The maximum Gasteiger partial charge on any atom is 0.248 e. The van der Waals surface area contributed by atoms with Crippen molar-refractivity contribution in [1.82, 2.24) is 9.55 Å². The van der Waals surface area contributed by atoms with Gasteiger partial charge in [0.2, 0.25) is 17.8 Å². The van der Waals surface area contributed by atoms with Crippen molar-refractivity contribution in [2.45, 2.75) is 32.7 Å². The molecule has 0 atom stereocenters. The molecule has 1 saturated carbocycles. The number of nitrogens with zero attached hydrogens (tertiary/aromatic N) is 2. The Labute approximate surface area is 122 Å². The smallest absolute Gasteiger partial charge is 0.248 e. The van der Waals surface area contributed by atoms with Crippen LogP contribution in [-0.4, -0.2) is 21.4 Å². The van der Waals surface area contributed by atoms with Gasteiger partial charge in [-0.05, 0) is 37.5 Å². The van der Waals surface area contributed by atoms with Crippen molar-refractivity contribution in [3.05, 3.63) is 23.8 Å². The van der Waals surface area contributed by atoms with Gasteiger partial charge in [0, 0.05) is 18.0 Å². The van der Waals surface area contributed by atoms with Crippen LogP contribution in [0.2, 0.25) is 0 Å². The Morgan fingerprint density at radius 3 is 2.81 bits per heavy atom. The fourth-order valence-electron chi connectivity index (χ4n) is 2.39. The second kappa shape index (κ2) is 5.20. The number of hydrogen-bond acceptors (Lipinski definition) is 3. The van der Waals surface area contributed by atoms with Crippen LogP contribution in [0.25, 0.3) is 11.0 Å². The van der Waals surface area contributed by atoms with Gasteiger partial charge < -0.3 is 10.3 Å². The molecule has 1 fully saturated rings. The van der Waals surface area contributed by atoms with Gasteiger partial charge in [-0.3, -0.25) is 14.9 Å². The van der Waals surface area contributed by atoms with E-state index in [1.807, 2.05) is 10.6 Å². The van der Waals surface area contributed by atoms with Crippen molar-refractivity contribution in [3.8, 4) is 0 Å². The zero-order valence-electron chi connectivity index (χ0n) is 11.9. The molecule has 3 N–H and O–H groups in total. The van der Waals surface area contributed by atoms with Crippen LogP contribution in [-0.2, 0) is 11.3 Å². The predicted octanol–water partition coefficient (Wildman–Crippen LogP) is 1.89. The fourth-order valence-corrected chi connectivity index (χ4v) is 2.39. The number of aromatic nitrogens is 2. The van der Waals surface area contributed by atoms with Crippen LogP contribution >= 0.6 is 0 Å². The number of rotatable bonds is 5. The highest BCUT2D eigenvalue weighted by Crippen LogP contribution is 2.30. The predicted molar refractivity (Wildman–Crippen MR) is 79.9 cm³/mol. The third kappa shape index (κ3) is 2.61. The number of hydrogen-bond donors (Lipinski definition) is 2. The van der Waals surface area contributed by atoms with Crippen LogP contribution in [0.15, 0.2) is 18.2 Å². The van der Waals surface area contributed by atoms with Crippen LogP contribution in [0.4, 0.5) is 5.95 Å². The molecular weight excluding hydrogens is 268 g/mol. The van der Waals surface area contributed by atoms with Crippen molar-refractivity contribution < 1.29 is 9.59 Å². The summed E-state index contributed by atoms with van der Waals surface area (Å²) in [6.07, 6.45) is 2.83. The molecular formula is C15H18N4O2. The van der Waals surface area contributed by atoms with Gasteiger partial charge in [-0.2, -0.15) is 0 Å². The van der Waals surface area contributed by atoms with E-state index in [2.05, 4.69) is 17.2 Å². The SMILES string of the molecule is CCCn1c(NC(=O)C2CC2)nc2cc(C(N)=O)ccc21. The Morgan fingerprint density at radius 2 is 2.19 bits per heavy atom. The molecule has 1 heterocycles. The van der Waals surface area contributed by atoms with Gasteiger partial charge in [-0.15, -0.1) is 0 Å². The first-order valence-electron chi connectivity index (χ1n) is 7.21. The van der Waals surface area contributed by atoms with E-state index in [4.69, 9.17) is 5.73 Å². The number of nitrogens with one attached hydrogen (secondary N) is 1. The van der Waals surface area contributed by atoms with E-state index < -0.39 is 5.91 Å². The van der Waals surface area contributed by atoms with Crippen LogP contribution in [0.5, 0.6) is 0 Å². The molecule has 0 spiro atoms. The molecule has 1 aromatic carbocycles. The number of primary amides is 1. The first kappa shape index (κ1) is 13.6. The topological polar surface area (TPSA) is 90.0 Å². The normalized spacial score (nSPS) is 14.3. The molecule has 6 heteroatoms. The zero-order valence-corrected chi connectivity index (χ0v) is 11.9. The summed E-state index contributed by atoms with van der Waals surface area (Å²) in [6.45, 7) is 2.82. The van der Waals surface area contributed by atoms with E-state index in [9.17, 15) is 9.59 Å². The molecule has 6 nitrogen and oxygen atoms in total. The molecule has 0 aliphatic heterocycles. The van der Waals surface area contributed by atoms with E-state index in [0.29, 0.717) is 17.0 Å². The number of amides is 2. The van der Waals surface area contributed by atoms with Crippen molar-refractivity contribution in [1.29, 1.82) is 0 Å². The van der Waals surface area contributed by atoms with Crippen LogP contribution < -0.4 is 11.1 Å². The number of aryl methyl sites for hydroxylation is 1. The van der Waals surface area contributed by atoms with Gasteiger partial charge in [-0.1, -0.05) is 6.92 Å². The minimum absolute atomic E-state index is 0.0257. The molecule has 0 radical (unpaired) electrons. The van der Waals surface area contributed by atoms with Crippen molar-refractivity contribution in [3.63, 3.8) is 0 Å². The van der Waals surface area contributed by atoms with E-state index in [-0.39, 0.29) is 11.8 Å². The molecule has 2 amide bonds. The highest BCUT2D eigenvalue weighted by Gasteiger charge is 2.30. The van der Waals surface area contributed by atoms with Gasteiger partial charge in [0.15, 0.2) is 0 Å². The average Bonchev–Trinajstić information content (AvgIpc) is 3.24. The molecule has 3 rings (SSSR count). The Hall–Kier alpha value is -2.37. The van der Waals surface area contributed by atoms with Gasteiger partial charge in [0.25, 0.3) is 0 Å². The summed E-state index contributed by atoms with van der Waals surface area (Å²) in [4.78, 5) is 27.6. The Kier molecular flexibility index (Phi) is 3.37. The van der Waals surface area contributed by atoms with Gasteiger partial charge in [-0.25, -0.2) is 4.98 Å². The molecule has 1 aromatic heterocycles. The lowest BCUT2D eigenvalue weighted by Gasteiger charge is -2.08. The molecule has 0 unspecified atom stereocenters. The van der Waals surface area contributed by atoms with Gasteiger partial charge in [0.1, 0.15) is 0 Å². The van der Waals surface area contributed by atoms with Gasteiger partial charge >= 0.3 is 0 Å². The van der Waals surface area contributed by atoms with Crippen molar-refractivity contribution in [2.24, 2.45) is 11.7 Å². The van der Waals surface area contributed by atoms with Gasteiger partial charge in [0.05, 0.1) is 11.0 Å². The number of imidazole rings is 1. The lowest BCUT2D eigenvalue weighted by Crippen LogP contribution is -2.17. The summed E-state index contributed by atoms with van der Waals surface area (Å²) in [6, 6.07) is 5.17. The van der Waals surface area contributed by atoms with E-state index in [1.54, 1.807) is 12.1 Å². The van der Waals surface area contributed by atoms with Crippen LogP contribution in [0.3, 0.4) is 0 Å². The number of nitrogens with two attached hydrogens (primary N) is 1. The molecule has 1 aliphatic rings. The summed E-state index contributed by atoms with van der Waals surface area (Å²) >= 11 is 0. The third-order valence-corrected chi connectivity index (χ3v) is 3.66. The van der Waals surface area contributed by atoms with E-state index in [0.717, 1.165) is 31.3 Å². The summed E-state index contributed by atoms with van der Waals surface area (Å²) in [7, 11) is 0. The third-order valence-electron chi connectivity index (χ3n) is 3.66. The second-order valence-electron chi connectivity index (χ2n) is 5.42. The zero-order chi connectivity index (χ0) is 15.0. The number of benzene rings is 1. The highest BCUT2D eigenvalue weighted by molar-refractivity contribution is 5.98. The highest BCUT2D eigenvalue weighted by atomic mass is 16.2. The molecule has 2 aromatic rings. The number of fused-ring (bicyclic) bond motifs is 1. The van der Waals surface area contributed by atoms with Crippen molar-refractivity contribution in [2.75, 3.05) is 5.32 Å². The maximum absolute atomic E-state index is 11.9. The summed E-state index contributed by atoms with van der Waals surface area (Å²) in [5.74, 6) is 0.217. The lowest BCUT2D eigenvalue weighted by atomic mass is 10.2. The Bertz CT molecular complexity index is 716. The molecule has 110 valence electrons. The molecule has 1 aliphatic carbocycles.